The predicted octanol–water partition coefficient (Wildman–Crippen LogP) is 18.8. The maximum absolute atomic E-state index is 12.8. The van der Waals surface area contributed by atoms with Crippen LogP contribution in [0.25, 0.3) is 0 Å². The summed E-state index contributed by atoms with van der Waals surface area (Å²) in [5.41, 5.74) is 0. The lowest BCUT2D eigenvalue weighted by molar-refractivity contribution is -0.870. The molecule has 442 valence electrons. The molecule has 0 aromatic carbocycles. The van der Waals surface area contributed by atoms with E-state index in [1.54, 1.807) is 0 Å². The minimum atomic E-state index is -4.66. The molecule has 0 saturated heterocycles. The fourth-order valence-corrected chi connectivity index (χ4v) is 8.38. The average molecular weight is 1100 g/mol. The second-order valence-electron chi connectivity index (χ2n) is 21.0. The molecule has 9 nitrogen and oxygen atoms in total. The molecule has 0 aromatic rings. The number of hydrogen-bond donors (Lipinski definition) is 0. The molecule has 0 N–H and O–H groups in total. The summed E-state index contributed by atoms with van der Waals surface area (Å²) >= 11 is 0. The summed E-state index contributed by atoms with van der Waals surface area (Å²) in [5, 5.41) is 0. The molecule has 0 aromatic heterocycles. The second-order valence-corrected chi connectivity index (χ2v) is 22.4. The van der Waals surface area contributed by atoms with Crippen molar-refractivity contribution in [1.82, 2.24) is 0 Å². The first-order chi connectivity index (χ1) is 38.0. The van der Waals surface area contributed by atoms with E-state index in [-0.39, 0.29) is 26.1 Å². The number of likely N-dealkylation sites (N-methyl/N-ethyl adjacent to an activating group) is 1. The minimum absolute atomic E-state index is 0.0477. The van der Waals surface area contributed by atoms with Gasteiger partial charge in [-0.15, -0.1) is 0 Å². The van der Waals surface area contributed by atoms with Crippen LogP contribution >= 0.6 is 7.82 Å². The van der Waals surface area contributed by atoms with E-state index in [4.69, 9.17) is 18.5 Å². The van der Waals surface area contributed by atoms with Gasteiger partial charge in [-0.25, -0.2) is 0 Å². The van der Waals surface area contributed by atoms with Gasteiger partial charge in [-0.05, 0) is 122 Å². The highest BCUT2D eigenvalue weighted by atomic mass is 31.2. The number of phosphoric ester groups is 1. The maximum atomic E-state index is 12.8. The molecule has 0 heterocycles. The van der Waals surface area contributed by atoms with Crippen molar-refractivity contribution in [3.8, 4) is 0 Å². The van der Waals surface area contributed by atoms with Crippen LogP contribution < -0.4 is 4.89 Å². The molecule has 78 heavy (non-hydrogen) atoms. The van der Waals surface area contributed by atoms with Gasteiger partial charge < -0.3 is 27.9 Å². The van der Waals surface area contributed by atoms with E-state index in [0.717, 1.165) is 116 Å². The Bertz CT molecular complexity index is 1820. The van der Waals surface area contributed by atoms with Gasteiger partial charge in [-0.3, -0.25) is 14.2 Å². The standard InChI is InChI=1S/C68H112NO8P/c1-6-8-10-12-14-16-18-20-22-24-26-28-30-31-32-33-34-35-36-37-39-41-43-45-47-49-51-53-55-57-59-61-68(71)77-66(65-76-78(72,73)75-63-62-69(3,4)5)64-74-67(70)60-58-56-54-52-50-48-46-44-42-40-38-29-27-25-23-21-19-17-15-13-11-9-7-2/h8,10,14,16,19-22,25-28,31-32,34-35,37-40,43,45,49,51,66H,6-7,9,11-13,15,17-18,23-24,29-30,33,36,41-42,44,46-48,50,52-65H2,1-5H3/b10-8-,16-14-,21-19-,22-20-,27-25-,28-26-,32-31-,35-34-,39-37-,40-38-,45-43-,51-49-. The molecule has 10 heteroatoms. The summed E-state index contributed by atoms with van der Waals surface area (Å²) in [6, 6.07) is 0. The highest BCUT2D eigenvalue weighted by Crippen LogP contribution is 2.38. The SMILES string of the molecule is CC/C=C\C/C=C\C/C=C\C/C=C\C/C=C\C/C=C\C/C=C\C/C=C\C/C=C\CCCCCC(=O)OC(COC(=O)CCCCCCCCCC/C=C\C/C=C\C/C=C\CCCCCCC)COP(=O)([O-])OCC[N+](C)(C)C. The molecule has 0 radical (unpaired) electrons. The van der Waals surface area contributed by atoms with Crippen molar-refractivity contribution in [3.63, 3.8) is 0 Å². The van der Waals surface area contributed by atoms with Crippen molar-refractivity contribution >= 4 is 19.8 Å². The van der Waals surface area contributed by atoms with Crippen LogP contribution in [0.4, 0.5) is 0 Å². The van der Waals surface area contributed by atoms with Crippen LogP contribution in [0.15, 0.2) is 146 Å². The fourth-order valence-electron chi connectivity index (χ4n) is 7.65. The van der Waals surface area contributed by atoms with Gasteiger partial charge in [-0.1, -0.05) is 230 Å². The molecule has 0 saturated carbocycles. The molecule has 0 rings (SSSR count). The van der Waals surface area contributed by atoms with Crippen LogP contribution in [0.5, 0.6) is 0 Å². The lowest BCUT2D eigenvalue weighted by Crippen LogP contribution is -2.37. The van der Waals surface area contributed by atoms with E-state index in [0.29, 0.717) is 23.9 Å². The van der Waals surface area contributed by atoms with Crippen molar-refractivity contribution in [3.05, 3.63) is 146 Å². The number of rotatable bonds is 54. The molecular weight excluding hydrogens is 990 g/mol. The number of allylic oxidation sites excluding steroid dienone is 24. The van der Waals surface area contributed by atoms with Gasteiger partial charge in [0.25, 0.3) is 7.82 Å². The third-order valence-electron chi connectivity index (χ3n) is 12.3. The first-order valence-corrected chi connectivity index (χ1v) is 32.0. The quantitative estimate of drug-likeness (QED) is 0.0195. The van der Waals surface area contributed by atoms with Crippen LogP contribution in [0, 0.1) is 0 Å². The van der Waals surface area contributed by atoms with Gasteiger partial charge in [-0.2, -0.15) is 0 Å². The van der Waals surface area contributed by atoms with Crippen LogP contribution in [0.2, 0.25) is 0 Å². The van der Waals surface area contributed by atoms with Crippen molar-refractivity contribution in [1.29, 1.82) is 0 Å². The van der Waals surface area contributed by atoms with Crippen LogP contribution in [0.1, 0.15) is 219 Å². The topological polar surface area (TPSA) is 111 Å². The van der Waals surface area contributed by atoms with E-state index in [1.807, 2.05) is 21.1 Å². The summed E-state index contributed by atoms with van der Waals surface area (Å²) in [4.78, 5) is 37.9. The fraction of sp³-hybridized carbons (Fsp3) is 0.618. The average Bonchev–Trinajstić information content (AvgIpc) is 3.40. The monoisotopic (exact) mass is 1100 g/mol. The third-order valence-corrected chi connectivity index (χ3v) is 13.3. The number of phosphoric acid groups is 1. The Morgan fingerprint density at radius 2 is 0.731 bits per heavy atom. The number of quaternary nitrogens is 1. The van der Waals surface area contributed by atoms with Gasteiger partial charge in [0.05, 0.1) is 27.7 Å². The molecule has 0 fully saturated rings. The van der Waals surface area contributed by atoms with Crippen molar-refractivity contribution in [2.45, 2.75) is 225 Å². The zero-order chi connectivity index (χ0) is 57.0. The van der Waals surface area contributed by atoms with E-state index < -0.39 is 32.5 Å². The van der Waals surface area contributed by atoms with Gasteiger partial charge in [0, 0.05) is 12.8 Å². The number of carbonyl (C=O) groups is 2. The van der Waals surface area contributed by atoms with Gasteiger partial charge in [0.15, 0.2) is 6.10 Å². The van der Waals surface area contributed by atoms with Crippen molar-refractivity contribution < 1.29 is 42.1 Å². The molecule has 0 amide bonds. The molecule has 0 bridgehead atoms. The van der Waals surface area contributed by atoms with Crippen LogP contribution in [-0.4, -0.2) is 70.0 Å². The molecule has 2 atom stereocenters. The normalized spacial score (nSPS) is 14.3. The number of carbonyl (C=O) groups excluding carboxylic acids is 2. The Balaban J connectivity index is 4.30. The second kappa shape index (κ2) is 57.6. The van der Waals surface area contributed by atoms with E-state index >= 15 is 0 Å². The Morgan fingerprint density at radius 1 is 0.410 bits per heavy atom. The Morgan fingerprint density at radius 3 is 1.10 bits per heavy atom. The predicted molar refractivity (Wildman–Crippen MR) is 332 cm³/mol. The molecule has 0 aliphatic rings. The minimum Gasteiger partial charge on any atom is -0.756 e. The van der Waals surface area contributed by atoms with Gasteiger partial charge in [0.1, 0.15) is 19.8 Å². The maximum Gasteiger partial charge on any atom is 0.306 e. The molecule has 2 unspecified atom stereocenters. The summed E-state index contributed by atoms with van der Waals surface area (Å²) < 4.78 is 34.1. The number of esters is 2. The number of nitrogens with zero attached hydrogens (tertiary/aromatic N) is 1. The van der Waals surface area contributed by atoms with E-state index in [2.05, 4.69) is 160 Å². The summed E-state index contributed by atoms with van der Waals surface area (Å²) in [6.45, 7) is 4.05. The van der Waals surface area contributed by atoms with Gasteiger partial charge >= 0.3 is 11.9 Å². The van der Waals surface area contributed by atoms with Gasteiger partial charge in [0.2, 0.25) is 0 Å². The van der Waals surface area contributed by atoms with E-state index in [9.17, 15) is 19.0 Å². The zero-order valence-electron chi connectivity index (χ0n) is 50.1. The summed E-state index contributed by atoms with van der Waals surface area (Å²) in [6.07, 6.45) is 84.6. The lowest BCUT2D eigenvalue weighted by atomic mass is 10.1. The molecular formula is C68H112NO8P. The Labute approximate surface area is 478 Å². The third kappa shape index (κ3) is 61.1. The van der Waals surface area contributed by atoms with E-state index in [1.165, 1.54) is 64.2 Å². The van der Waals surface area contributed by atoms with Crippen molar-refractivity contribution in [2.75, 3.05) is 47.5 Å². The summed E-state index contributed by atoms with van der Waals surface area (Å²) in [7, 11) is 1.12. The Kier molecular flexibility index (Phi) is 54.5. The molecule has 0 aliphatic carbocycles. The lowest BCUT2D eigenvalue weighted by Gasteiger charge is -2.28. The number of unbranched alkanes of at least 4 members (excludes halogenated alkanes) is 16. The number of ether oxygens (including phenoxy) is 2. The summed E-state index contributed by atoms with van der Waals surface area (Å²) in [5.74, 6) is -0.891. The smallest absolute Gasteiger partial charge is 0.306 e. The van der Waals surface area contributed by atoms with Crippen LogP contribution in [0.3, 0.4) is 0 Å². The highest BCUT2D eigenvalue weighted by Gasteiger charge is 2.21. The molecule has 0 aliphatic heterocycles. The van der Waals surface area contributed by atoms with Crippen molar-refractivity contribution in [2.24, 2.45) is 0 Å². The zero-order valence-corrected chi connectivity index (χ0v) is 50.9. The first kappa shape index (κ1) is 73.9. The number of hydrogen-bond acceptors (Lipinski definition) is 8. The Hall–Kier alpha value is -4.11. The highest BCUT2D eigenvalue weighted by molar-refractivity contribution is 7.45. The first-order valence-electron chi connectivity index (χ1n) is 30.5. The van der Waals surface area contributed by atoms with Crippen LogP contribution in [-0.2, 0) is 32.7 Å². The largest absolute Gasteiger partial charge is 0.756 e. The molecule has 0 spiro atoms.